The number of ether oxygens (including phenoxy) is 4. The van der Waals surface area contributed by atoms with Crippen molar-refractivity contribution in [2.75, 3.05) is 13.2 Å². The summed E-state index contributed by atoms with van der Waals surface area (Å²) in [6.07, 6.45) is 11.1. The van der Waals surface area contributed by atoms with Gasteiger partial charge in [0.05, 0.1) is 35.1 Å². The molecule has 9 rings (SSSR count). The molecule has 0 spiro atoms. The first-order valence-corrected chi connectivity index (χ1v) is 19.1. The molecule has 54 heavy (non-hydrogen) atoms. The van der Waals surface area contributed by atoms with Gasteiger partial charge in [0.1, 0.15) is 5.60 Å². The first-order chi connectivity index (χ1) is 22.5. The maximum absolute atomic E-state index is 14.6. The number of cyclic esters (lactones) is 1. The van der Waals surface area contributed by atoms with Crippen molar-refractivity contribution in [1.29, 1.82) is 0 Å². The van der Waals surface area contributed by atoms with E-state index in [4.69, 9.17) is 18.9 Å². The van der Waals surface area contributed by atoms with E-state index >= 15 is 0 Å². The molecule has 9 fully saturated rings. The Morgan fingerprint density at radius 3 is 1.52 bits per heavy atom. The van der Waals surface area contributed by atoms with Crippen molar-refractivity contribution in [2.24, 2.45) is 63.6 Å². The highest BCUT2D eigenvalue weighted by Gasteiger charge is 2.68. The van der Waals surface area contributed by atoms with E-state index in [1.54, 1.807) is 34.6 Å². The van der Waals surface area contributed by atoms with Crippen LogP contribution in [0.1, 0.15) is 170 Å². The summed E-state index contributed by atoms with van der Waals surface area (Å²) in [4.78, 5) is 55.7. The van der Waals surface area contributed by atoms with Crippen LogP contribution in [0.4, 0.5) is 0 Å². The van der Waals surface area contributed by atoms with Crippen molar-refractivity contribution in [3.05, 3.63) is 0 Å². The largest absolute Gasteiger partial charge is 0.465 e. The number of hydrogen-bond donors (Lipinski definition) is 1. The van der Waals surface area contributed by atoms with Gasteiger partial charge >= 0.3 is 23.9 Å². The van der Waals surface area contributed by atoms with E-state index in [-0.39, 0.29) is 76.0 Å². The average Bonchev–Trinajstić information content (AvgIpc) is 3.43. The van der Waals surface area contributed by atoms with Gasteiger partial charge in [-0.3, -0.25) is 14.4 Å². The maximum atomic E-state index is 14.6. The van der Waals surface area contributed by atoms with E-state index in [0.29, 0.717) is 48.3 Å². The van der Waals surface area contributed by atoms with Crippen LogP contribution in [0.15, 0.2) is 0 Å². The third kappa shape index (κ3) is 7.39. The first kappa shape index (κ1) is 49.9. The Balaban J connectivity index is 0.00000243. The van der Waals surface area contributed by atoms with Crippen molar-refractivity contribution in [1.82, 2.24) is 0 Å². The van der Waals surface area contributed by atoms with Gasteiger partial charge in [0, 0.05) is 12.8 Å². The lowest BCUT2D eigenvalue weighted by Gasteiger charge is -2.61. The van der Waals surface area contributed by atoms with E-state index in [2.05, 4.69) is 6.92 Å². The molecule has 9 heteroatoms. The molecule has 1 N–H and O–H groups in total. The van der Waals surface area contributed by atoms with Crippen LogP contribution in [0.2, 0.25) is 0 Å². The summed E-state index contributed by atoms with van der Waals surface area (Å²) in [5.41, 5.74) is -6.33. The topological polar surface area (TPSA) is 125 Å². The van der Waals surface area contributed by atoms with Gasteiger partial charge in [-0.05, 0) is 153 Å². The fourth-order valence-corrected chi connectivity index (χ4v) is 12.5. The van der Waals surface area contributed by atoms with Gasteiger partial charge in [-0.15, -0.1) is 0 Å². The standard InChI is InChI=1S/C39H58O9.6CH4/c1-7-39(28-18-24-13-25(20-28)21-29(39)19-24)48-33(42)36(4,5)37(6,34(43)47-30-8-10-45-31(30)40)35(2,3)32(41)46-11-9-38(44)26-14-22-12-23(16-26)17-27(38)15-22;;;;;;/h22-30,44H,7-21H2,1-6H3;6*1H4. The van der Waals surface area contributed by atoms with Crippen LogP contribution in [0, 0.1) is 63.6 Å². The highest BCUT2D eigenvalue weighted by molar-refractivity contribution is 5.95. The van der Waals surface area contributed by atoms with Gasteiger partial charge in [-0.1, -0.05) is 51.5 Å². The van der Waals surface area contributed by atoms with Crippen molar-refractivity contribution in [2.45, 2.75) is 187 Å². The molecule has 8 aliphatic carbocycles. The van der Waals surface area contributed by atoms with Crippen LogP contribution < -0.4 is 0 Å². The number of rotatable bonds is 11. The second-order valence-electron chi connectivity index (χ2n) is 18.4. The molecule has 8 bridgehead atoms. The highest BCUT2D eigenvalue weighted by Crippen LogP contribution is 2.63. The molecule has 9 nitrogen and oxygen atoms in total. The molecule has 2 atom stereocenters. The van der Waals surface area contributed by atoms with Crippen LogP contribution in [0.3, 0.4) is 0 Å². The first-order valence-electron chi connectivity index (χ1n) is 19.1. The maximum Gasteiger partial charge on any atom is 0.347 e. The van der Waals surface area contributed by atoms with Crippen LogP contribution in [-0.4, -0.2) is 59.5 Å². The second kappa shape index (κ2) is 17.1. The summed E-state index contributed by atoms with van der Waals surface area (Å²) < 4.78 is 23.5. The minimum atomic E-state index is -1.78. The Bertz CT molecular complexity index is 1280. The lowest BCUT2D eigenvalue weighted by Crippen LogP contribution is -2.64. The summed E-state index contributed by atoms with van der Waals surface area (Å²) in [5, 5.41) is 11.9. The molecule has 2 unspecified atom stereocenters. The lowest BCUT2D eigenvalue weighted by molar-refractivity contribution is -0.231. The number of aliphatic hydroxyl groups is 1. The Kier molecular flexibility index (Phi) is 15.8. The molecule has 316 valence electrons. The van der Waals surface area contributed by atoms with Crippen molar-refractivity contribution in [3.63, 3.8) is 0 Å². The number of carbonyl (C=O) groups excluding carboxylic acids is 4. The SMILES string of the molecule is C.C.C.C.C.C.CCC1(OC(=O)C(C)(C)C(C)(C(=O)OC2CCOC2=O)C(C)(C)C(=O)OCCC2(O)C3CC4CC(C3)CC2C4)C2CC3CC(C2)CC1C3. The molecular weight excluding hydrogens is 684 g/mol. The molecule has 1 aliphatic heterocycles. The quantitative estimate of drug-likeness (QED) is 0.162. The smallest absolute Gasteiger partial charge is 0.347 e. The van der Waals surface area contributed by atoms with Gasteiger partial charge in [-0.2, -0.15) is 0 Å². The molecule has 8 saturated carbocycles. The van der Waals surface area contributed by atoms with Gasteiger partial charge in [0.2, 0.25) is 6.10 Å². The molecule has 9 aliphatic rings. The third-order valence-corrected chi connectivity index (χ3v) is 15.7. The third-order valence-electron chi connectivity index (χ3n) is 15.7. The van der Waals surface area contributed by atoms with Crippen molar-refractivity contribution in [3.8, 4) is 0 Å². The number of carbonyl (C=O) groups is 4. The zero-order valence-corrected chi connectivity index (χ0v) is 30.0. The Labute approximate surface area is 330 Å². The molecular formula is C45H82O9. The zero-order chi connectivity index (χ0) is 34.4. The summed E-state index contributed by atoms with van der Waals surface area (Å²) in [7, 11) is 0. The van der Waals surface area contributed by atoms with E-state index in [1.165, 1.54) is 12.8 Å². The van der Waals surface area contributed by atoms with Gasteiger partial charge < -0.3 is 24.1 Å². The molecule has 0 amide bonds. The average molecular weight is 767 g/mol. The molecule has 0 aromatic heterocycles. The van der Waals surface area contributed by atoms with Crippen LogP contribution in [0.25, 0.3) is 0 Å². The van der Waals surface area contributed by atoms with E-state index in [0.717, 1.165) is 51.4 Å². The summed E-state index contributed by atoms with van der Waals surface area (Å²) >= 11 is 0. The predicted molar refractivity (Wildman–Crippen MR) is 215 cm³/mol. The fraction of sp³-hybridized carbons (Fsp3) is 0.911. The van der Waals surface area contributed by atoms with Gasteiger partial charge in [-0.25, -0.2) is 4.79 Å². The van der Waals surface area contributed by atoms with E-state index in [9.17, 15) is 24.3 Å². The normalized spacial score (nSPS) is 37.6. The second-order valence-corrected chi connectivity index (χ2v) is 18.4. The zero-order valence-electron chi connectivity index (χ0n) is 30.0. The van der Waals surface area contributed by atoms with E-state index in [1.807, 2.05) is 0 Å². The Morgan fingerprint density at radius 2 is 1.11 bits per heavy atom. The minimum Gasteiger partial charge on any atom is -0.465 e. The predicted octanol–water partition coefficient (Wildman–Crippen LogP) is 9.99. The summed E-state index contributed by atoms with van der Waals surface area (Å²) in [5.74, 6) is 1.19. The van der Waals surface area contributed by atoms with Gasteiger partial charge in [0.15, 0.2) is 0 Å². The summed E-state index contributed by atoms with van der Waals surface area (Å²) in [6.45, 7) is 10.4. The number of esters is 4. The summed E-state index contributed by atoms with van der Waals surface area (Å²) in [6, 6.07) is 0. The minimum absolute atomic E-state index is 0. The van der Waals surface area contributed by atoms with Crippen molar-refractivity contribution >= 4 is 23.9 Å². The Hall–Kier alpha value is -2.16. The van der Waals surface area contributed by atoms with Crippen LogP contribution >= 0.6 is 0 Å². The van der Waals surface area contributed by atoms with Crippen molar-refractivity contribution < 1.29 is 43.2 Å². The number of hydrogen-bond acceptors (Lipinski definition) is 9. The van der Waals surface area contributed by atoms with Crippen LogP contribution in [-0.2, 0) is 38.1 Å². The van der Waals surface area contributed by atoms with Gasteiger partial charge in [0.25, 0.3) is 0 Å². The van der Waals surface area contributed by atoms with Crippen LogP contribution in [0.5, 0.6) is 0 Å². The monoisotopic (exact) mass is 767 g/mol. The molecule has 1 saturated heterocycles. The molecule has 0 aromatic carbocycles. The Morgan fingerprint density at radius 1 is 0.685 bits per heavy atom. The van der Waals surface area contributed by atoms with E-state index < -0.39 is 57.4 Å². The molecule has 1 heterocycles. The molecule has 0 aromatic rings. The lowest BCUT2D eigenvalue weighted by atomic mass is 9.49. The molecule has 0 radical (unpaired) electrons. The fourth-order valence-electron chi connectivity index (χ4n) is 12.5. The highest BCUT2D eigenvalue weighted by atomic mass is 16.6.